The van der Waals surface area contributed by atoms with Gasteiger partial charge in [-0.05, 0) is 42.9 Å². The minimum absolute atomic E-state index is 0.156. The molecule has 1 aliphatic rings. The van der Waals surface area contributed by atoms with Crippen molar-refractivity contribution in [2.45, 2.75) is 30.6 Å². The molecule has 0 spiro atoms. The van der Waals surface area contributed by atoms with Crippen LogP contribution in [-0.2, 0) is 10.0 Å². The van der Waals surface area contributed by atoms with Gasteiger partial charge in [0.2, 0.25) is 10.0 Å². The van der Waals surface area contributed by atoms with E-state index in [-0.39, 0.29) is 9.92 Å². The molecule has 2 atom stereocenters. The maximum atomic E-state index is 12.3. The monoisotopic (exact) mass is 413 g/mol. The summed E-state index contributed by atoms with van der Waals surface area (Å²) in [5.74, 6) is 0.922. The van der Waals surface area contributed by atoms with E-state index in [1.165, 1.54) is 31.0 Å². The molecular weight excluding hydrogens is 397 g/mol. The lowest BCUT2D eigenvalue weighted by atomic mass is 9.80. The molecule has 1 aromatic rings. The van der Waals surface area contributed by atoms with Gasteiger partial charge in [-0.15, -0.1) is 0 Å². The van der Waals surface area contributed by atoms with E-state index in [9.17, 15) is 8.42 Å². The van der Waals surface area contributed by atoms with Crippen molar-refractivity contribution in [2.24, 2.45) is 11.8 Å². The molecule has 1 aliphatic carbocycles. The number of rotatable bonds is 5. The van der Waals surface area contributed by atoms with Gasteiger partial charge in [0.15, 0.2) is 0 Å². The summed E-state index contributed by atoms with van der Waals surface area (Å²) < 4.78 is 27.3. The Morgan fingerprint density at radius 1 is 1.14 bits per heavy atom. The van der Waals surface area contributed by atoms with Gasteiger partial charge >= 0.3 is 0 Å². The summed E-state index contributed by atoms with van der Waals surface area (Å²) in [6.07, 6.45) is 4.62. The first-order chi connectivity index (χ1) is 9.94. The van der Waals surface area contributed by atoms with Crippen LogP contribution in [-0.4, -0.2) is 20.3 Å². The summed E-state index contributed by atoms with van der Waals surface area (Å²) in [7, 11) is -3.54. The van der Waals surface area contributed by atoms with Gasteiger partial charge in [0.25, 0.3) is 0 Å². The maximum absolute atomic E-state index is 12.3. The molecule has 1 fully saturated rings. The number of halogens is 3. The van der Waals surface area contributed by atoms with Gasteiger partial charge in [-0.3, -0.25) is 0 Å². The van der Waals surface area contributed by atoms with Gasteiger partial charge in [0.05, 0.1) is 14.9 Å². The highest BCUT2D eigenvalue weighted by Crippen LogP contribution is 2.31. The first kappa shape index (κ1) is 17.5. The standard InChI is InChI=1S/C14H18BrCl2NO2S/c15-8-10-3-1-2-4-11(10)9-18-21(19,20)12-5-6-13(16)14(17)7-12/h5-7,10-11,18H,1-4,8-9H2. The number of alkyl halides is 1. The summed E-state index contributed by atoms with van der Waals surface area (Å²) in [6, 6.07) is 4.36. The highest BCUT2D eigenvalue weighted by atomic mass is 79.9. The topological polar surface area (TPSA) is 46.2 Å². The third kappa shape index (κ3) is 4.58. The smallest absolute Gasteiger partial charge is 0.211 e. The van der Waals surface area contributed by atoms with Gasteiger partial charge < -0.3 is 0 Å². The zero-order chi connectivity index (χ0) is 15.5. The normalized spacial score (nSPS) is 23.2. The summed E-state index contributed by atoms with van der Waals surface area (Å²) in [5.41, 5.74) is 0. The Kier molecular flexibility index (Phi) is 6.38. The van der Waals surface area contributed by atoms with Crippen LogP contribution in [0.4, 0.5) is 0 Å². The zero-order valence-electron chi connectivity index (χ0n) is 11.5. The van der Waals surface area contributed by atoms with Crippen molar-refractivity contribution >= 4 is 49.2 Å². The fraction of sp³-hybridized carbons (Fsp3) is 0.571. The average Bonchev–Trinajstić information content (AvgIpc) is 2.48. The van der Waals surface area contributed by atoms with Crippen LogP contribution in [0.2, 0.25) is 10.0 Å². The number of benzene rings is 1. The second kappa shape index (κ2) is 7.64. The van der Waals surface area contributed by atoms with Crippen LogP contribution >= 0.6 is 39.1 Å². The fourth-order valence-electron chi connectivity index (χ4n) is 2.70. The van der Waals surface area contributed by atoms with E-state index in [1.807, 2.05) is 0 Å². The molecule has 3 nitrogen and oxygen atoms in total. The molecule has 1 saturated carbocycles. The summed E-state index contributed by atoms with van der Waals surface area (Å²) >= 11 is 15.2. The van der Waals surface area contributed by atoms with Crippen molar-refractivity contribution < 1.29 is 8.42 Å². The highest BCUT2D eigenvalue weighted by molar-refractivity contribution is 9.09. The van der Waals surface area contributed by atoms with Crippen LogP contribution in [0.15, 0.2) is 23.1 Å². The van der Waals surface area contributed by atoms with Crippen molar-refractivity contribution in [3.63, 3.8) is 0 Å². The van der Waals surface area contributed by atoms with Crippen molar-refractivity contribution in [3.8, 4) is 0 Å². The summed E-state index contributed by atoms with van der Waals surface area (Å²) in [5, 5.41) is 1.52. The van der Waals surface area contributed by atoms with Crippen molar-refractivity contribution in [2.75, 3.05) is 11.9 Å². The molecular formula is C14H18BrCl2NO2S. The predicted molar refractivity (Wildman–Crippen MR) is 90.9 cm³/mol. The van der Waals surface area contributed by atoms with Gasteiger partial charge in [-0.2, -0.15) is 0 Å². The molecule has 21 heavy (non-hydrogen) atoms. The van der Waals surface area contributed by atoms with E-state index in [1.54, 1.807) is 0 Å². The third-order valence-electron chi connectivity index (χ3n) is 4.00. The molecule has 0 heterocycles. The van der Waals surface area contributed by atoms with Crippen LogP contribution in [0.3, 0.4) is 0 Å². The van der Waals surface area contributed by atoms with Gasteiger partial charge in [0, 0.05) is 11.9 Å². The van der Waals surface area contributed by atoms with E-state index in [2.05, 4.69) is 20.7 Å². The Hall–Kier alpha value is 0.190. The lowest BCUT2D eigenvalue weighted by Crippen LogP contribution is -2.34. The molecule has 118 valence electrons. The van der Waals surface area contributed by atoms with E-state index >= 15 is 0 Å². The minimum Gasteiger partial charge on any atom is -0.211 e. The molecule has 0 amide bonds. The van der Waals surface area contributed by atoms with Crippen LogP contribution in [0.1, 0.15) is 25.7 Å². The van der Waals surface area contributed by atoms with Gasteiger partial charge in [-0.1, -0.05) is 52.0 Å². The molecule has 1 N–H and O–H groups in total. The van der Waals surface area contributed by atoms with E-state index in [4.69, 9.17) is 23.2 Å². The van der Waals surface area contributed by atoms with Crippen molar-refractivity contribution in [3.05, 3.63) is 28.2 Å². The second-order valence-electron chi connectivity index (χ2n) is 5.39. The first-order valence-electron chi connectivity index (χ1n) is 6.94. The average molecular weight is 415 g/mol. The van der Waals surface area contributed by atoms with E-state index in [0.717, 1.165) is 18.2 Å². The van der Waals surface area contributed by atoms with Crippen LogP contribution in [0, 0.1) is 11.8 Å². The van der Waals surface area contributed by atoms with Crippen molar-refractivity contribution in [1.29, 1.82) is 0 Å². The molecule has 1 aromatic carbocycles. The SMILES string of the molecule is O=S(=O)(NCC1CCCCC1CBr)c1ccc(Cl)c(Cl)c1. The Bertz CT molecular complexity index is 595. The first-order valence-corrected chi connectivity index (χ1v) is 10.3. The molecule has 0 bridgehead atoms. The number of sulfonamides is 1. The molecule has 2 rings (SSSR count). The number of hydrogen-bond acceptors (Lipinski definition) is 2. The molecule has 0 saturated heterocycles. The second-order valence-corrected chi connectivity index (χ2v) is 8.62. The largest absolute Gasteiger partial charge is 0.240 e. The quantitative estimate of drug-likeness (QED) is 0.722. The van der Waals surface area contributed by atoms with Crippen molar-refractivity contribution in [1.82, 2.24) is 4.72 Å². The summed E-state index contributed by atoms with van der Waals surface area (Å²) in [4.78, 5) is 0.156. The third-order valence-corrected chi connectivity index (χ3v) is 6.99. The van der Waals surface area contributed by atoms with Crippen LogP contribution in [0.5, 0.6) is 0 Å². The maximum Gasteiger partial charge on any atom is 0.240 e. The Morgan fingerprint density at radius 2 is 1.81 bits per heavy atom. The lowest BCUT2D eigenvalue weighted by Gasteiger charge is -2.30. The molecule has 2 unspecified atom stereocenters. The molecule has 0 aliphatic heterocycles. The molecule has 0 radical (unpaired) electrons. The summed E-state index contributed by atoms with van der Waals surface area (Å²) in [6.45, 7) is 0.471. The van der Waals surface area contributed by atoms with E-state index < -0.39 is 10.0 Å². The minimum atomic E-state index is -3.54. The molecule has 0 aromatic heterocycles. The Labute approximate surface area is 144 Å². The van der Waals surface area contributed by atoms with Crippen LogP contribution in [0.25, 0.3) is 0 Å². The van der Waals surface area contributed by atoms with E-state index in [0.29, 0.717) is 23.4 Å². The fourth-order valence-corrected chi connectivity index (χ4v) is 5.04. The Balaban J connectivity index is 2.05. The Morgan fingerprint density at radius 3 is 2.43 bits per heavy atom. The number of nitrogens with one attached hydrogen (secondary N) is 1. The highest BCUT2D eigenvalue weighted by Gasteiger charge is 2.26. The lowest BCUT2D eigenvalue weighted by molar-refractivity contribution is 0.263. The van der Waals surface area contributed by atoms with Gasteiger partial charge in [0.1, 0.15) is 0 Å². The van der Waals surface area contributed by atoms with Crippen LogP contribution < -0.4 is 4.72 Å². The number of hydrogen-bond donors (Lipinski definition) is 1. The zero-order valence-corrected chi connectivity index (χ0v) is 15.4. The predicted octanol–water partition coefficient (Wildman–Crippen LogP) is 4.47. The van der Waals surface area contributed by atoms with Gasteiger partial charge in [-0.25, -0.2) is 13.1 Å². The molecule has 7 heteroatoms.